The van der Waals surface area contributed by atoms with Crippen LogP contribution in [0.4, 0.5) is 13.2 Å². The molecule has 7 heteroatoms. The number of halogens is 5. The van der Waals surface area contributed by atoms with Gasteiger partial charge < -0.3 is 5.73 Å². The molecule has 144 valence electrons. The second-order valence-corrected chi connectivity index (χ2v) is 8.28. The Kier molecular flexibility index (Phi) is 8.33. The third-order valence-electron chi connectivity index (χ3n) is 3.69. The smallest absolute Gasteiger partial charge is 0.326 e. The number of hydrogen-bond acceptors (Lipinski definition) is 2. The third-order valence-corrected chi connectivity index (χ3v) is 5.02. The number of nitrogens with two attached hydrogens (primary N) is 1. The lowest BCUT2D eigenvalue weighted by molar-refractivity contribution is -0.137. The Bertz CT molecular complexity index is 727. The van der Waals surface area contributed by atoms with Gasteiger partial charge in [0.25, 0.3) is 0 Å². The van der Waals surface area contributed by atoms with Crippen molar-refractivity contribution in [3.8, 4) is 0 Å². The van der Waals surface area contributed by atoms with Crippen LogP contribution in [0.1, 0.15) is 37.8 Å². The molecule has 0 heterocycles. The molecule has 2 aromatic rings. The molecule has 2 rings (SSSR count). The fourth-order valence-corrected chi connectivity index (χ4v) is 3.66. The van der Waals surface area contributed by atoms with Crippen LogP contribution in [0.2, 0.25) is 5.02 Å². The Hall–Kier alpha value is -0.880. The van der Waals surface area contributed by atoms with Gasteiger partial charge >= 0.3 is 6.18 Å². The summed E-state index contributed by atoms with van der Waals surface area (Å²) in [5.41, 5.74) is 6.15. The summed E-state index contributed by atoms with van der Waals surface area (Å²) in [6, 6.07) is 10.9. The Morgan fingerprint density at radius 3 is 2.27 bits per heavy atom. The Labute approximate surface area is 167 Å². The first kappa shape index (κ1) is 23.2. The highest BCUT2D eigenvalue weighted by Crippen LogP contribution is 2.35. The van der Waals surface area contributed by atoms with Gasteiger partial charge in [-0.15, -0.1) is 12.4 Å². The average Bonchev–Trinajstić information content (AvgIpc) is 2.48. The van der Waals surface area contributed by atoms with Gasteiger partial charge in [0.05, 0.1) is 5.56 Å². The molecule has 0 bridgehead atoms. The van der Waals surface area contributed by atoms with Crippen LogP contribution >= 0.6 is 35.8 Å². The van der Waals surface area contributed by atoms with Gasteiger partial charge in [0.2, 0.25) is 0 Å². The molecule has 0 spiro atoms. The van der Waals surface area contributed by atoms with E-state index in [4.69, 9.17) is 17.3 Å². The van der Waals surface area contributed by atoms with Crippen LogP contribution in [-0.2, 0) is 12.6 Å². The molecular formula is C19H22Cl2F3NS. The van der Waals surface area contributed by atoms with E-state index in [9.17, 15) is 13.2 Å². The molecule has 0 aromatic heterocycles. The minimum absolute atomic E-state index is 0. The lowest BCUT2D eigenvalue weighted by Crippen LogP contribution is -2.31. The molecule has 0 aliphatic rings. The molecule has 0 aliphatic carbocycles. The van der Waals surface area contributed by atoms with E-state index in [1.54, 1.807) is 12.1 Å². The van der Waals surface area contributed by atoms with Gasteiger partial charge in [-0.1, -0.05) is 35.5 Å². The van der Waals surface area contributed by atoms with E-state index in [-0.39, 0.29) is 17.9 Å². The van der Waals surface area contributed by atoms with E-state index in [2.05, 4.69) is 0 Å². The molecule has 0 unspecified atom stereocenters. The topological polar surface area (TPSA) is 26.0 Å². The zero-order valence-corrected chi connectivity index (χ0v) is 17.0. The minimum atomic E-state index is -4.34. The predicted octanol–water partition coefficient (Wildman–Crippen LogP) is 6.99. The number of alkyl halides is 3. The van der Waals surface area contributed by atoms with Crippen molar-refractivity contribution in [1.29, 1.82) is 0 Å². The van der Waals surface area contributed by atoms with Crippen LogP contribution < -0.4 is 5.73 Å². The standard InChI is InChI=1S/C19H21ClF3NS.ClH/c1-18(2,24)10-4-5-13-8-9-16(12-17(13)20)25-15-7-3-6-14(11-15)19(21,22)23;/h3,6-9,11-12H,4-5,10,24H2,1-2H3;1H. The molecule has 26 heavy (non-hydrogen) atoms. The van der Waals surface area contributed by atoms with Gasteiger partial charge in [-0.05, 0) is 69.0 Å². The van der Waals surface area contributed by atoms with E-state index >= 15 is 0 Å². The van der Waals surface area contributed by atoms with Crippen LogP contribution in [-0.4, -0.2) is 5.54 Å². The molecule has 2 N–H and O–H groups in total. The average molecular weight is 424 g/mol. The van der Waals surface area contributed by atoms with Gasteiger partial charge in [0.15, 0.2) is 0 Å². The molecule has 1 nitrogen and oxygen atoms in total. The lowest BCUT2D eigenvalue weighted by atomic mass is 9.97. The van der Waals surface area contributed by atoms with Gasteiger partial charge in [-0.25, -0.2) is 0 Å². The lowest BCUT2D eigenvalue weighted by Gasteiger charge is -2.18. The summed E-state index contributed by atoms with van der Waals surface area (Å²) in [6.45, 7) is 3.98. The number of benzene rings is 2. The summed E-state index contributed by atoms with van der Waals surface area (Å²) in [4.78, 5) is 1.34. The van der Waals surface area contributed by atoms with Crippen LogP contribution in [0.5, 0.6) is 0 Å². The van der Waals surface area contributed by atoms with Crippen LogP contribution in [0.3, 0.4) is 0 Å². The summed E-state index contributed by atoms with van der Waals surface area (Å²) >= 11 is 7.59. The minimum Gasteiger partial charge on any atom is -0.326 e. The number of rotatable bonds is 6. The van der Waals surface area contributed by atoms with E-state index in [0.717, 1.165) is 41.9 Å². The van der Waals surface area contributed by atoms with Crippen LogP contribution in [0.25, 0.3) is 0 Å². The molecule has 0 saturated heterocycles. The predicted molar refractivity (Wildman–Crippen MR) is 105 cm³/mol. The van der Waals surface area contributed by atoms with Gasteiger partial charge in [-0.3, -0.25) is 0 Å². The summed E-state index contributed by atoms with van der Waals surface area (Å²) in [5, 5.41) is 0.631. The fraction of sp³-hybridized carbons (Fsp3) is 0.368. The Morgan fingerprint density at radius 1 is 1.04 bits per heavy atom. The second kappa shape index (κ2) is 9.36. The van der Waals surface area contributed by atoms with Crippen LogP contribution in [0.15, 0.2) is 52.3 Å². The number of hydrogen-bond donors (Lipinski definition) is 1. The fourth-order valence-electron chi connectivity index (χ4n) is 2.40. The normalized spacial score (nSPS) is 12.0. The van der Waals surface area contributed by atoms with Crippen molar-refractivity contribution >= 4 is 35.8 Å². The van der Waals surface area contributed by atoms with Gasteiger partial charge in [0, 0.05) is 20.4 Å². The Balaban J connectivity index is 0.00000338. The molecule has 0 atom stereocenters. The molecule has 0 amide bonds. The van der Waals surface area contributed by atoms with Crippen molar-refractivity contribution in [2.75, 3.05) is 0 Å². The summed E-state index contributed by atoms with van der Waals surface area (Å²) in [6.07, 6.45) is -1.68. The monoisotopic (exact) mass is 423 g/mol. The maximum Gasteiger partial charge on any atom is 0.416 e. The first-order valence-electron chi connectivity index (χ1n) is 7.97. The first-order valence-corrected chi connectivity index (χ1v) is 9.16. The largest absolute Gasteiger partial charge is 0.416 e. The highest BCUT2D eigenvalue weighted by Gasteiger charge is 2.30. The van der Waals surface area contributed by atoms with E-state index in [0.29, 0.717) is 9.92 Å². The summed E-state index contributed by atoms with van der Waals surface area (Å²) < 4.78 is 38.4. The van der Waals surface area contributed by atoms with E-state index in [1.165, 1.54) is 17.8 Å². The van der Waals surface area contributed by atoms with E-state index in [1.807, 2.05) is 26.0 Å². The maximum absolute atomic E-state index is 12.8. The first-order chi connectivity index (χ1) is 11.5. The highest BCUT2D eigenvalue weighted by molar-refractivity contribution is 7.99. The van der Waals surface area contributed by atoms with Crippen molar-refractivity contribution in [2.45, 2.75) is 54.6 Å². The zero-order valence-electron chi connectivity index (χ0n) is 14.6. The zero-order chi connectivity index (χ0) is 18.7. The number of aryl methyl sites for hydroxylation is 1. The van der Waals surface area contributed by atoms with Crippen LogP contribution in [0, 0.1) is 0 Å². The van der Waals surface area contributed by atoms with Crippen molar-refractivity contribution in [3.63, 3.8) is 0 Å². The van der Waals surface area contributed by atoms with Gasteiger partial charge in [0.1, 0.15) is 0 Å². The van der Waals surface area contributed by atoms with Gasteiger partial charge in [-0.2, -0.15) is 13.2 Å². The second-order valence-electron chi connectivity index (χ2n) is 6.72. The summed E-state index contributed by atoms with van der Waals surface area (Å²) in [5.74, 6) is 0. The Morgan fingerprint density at radius 2 is 1.69 bits per heavy atom. The molecule has 0 saturated carbocycles. The molecular weight excluding hydrogens is 402 g/mol. The molecule has 0 fully saturated rings. The van der Waals surface area contributed by atoms with Crippen molar-refractivity contribution < 1.29 is 13.2 Å². The van der Waals surface area contributed by atoms with E-state index < -0.39 is 11.7 Å². The van der Waals surface area contributed by atoms with Crippen molar-refractivity contribution in [1.82, 2.24) is 0 Å². The molecule has 0 aliphatic heterocycles. The SMILES string of the molecule is CC(C)(N)CCCc1ccc(Sc2cccc(C(F)(F)F)c2)cc1Cl.Cl. The van der Waals surface area contributed by atoms with Crippen molar-refractivity contribution in [2.24, 2.45) is 5.73 Å². The molecule has 2 aromatic carbocycles. The summed E-state index contributed by atoms with van der Waals surface area (Å²) in [7, 11) is 0. The highest BCUT2D eigenvalue weighted by atomic mass is 35.5. The van der Waals surface area contributed by atoms with Crippen molar-refractivity contribution in [3.05, 3.63) is 58.6 Å². The quantitative estimate of drug-likeness (QED) is 0.541. The maximum atomic E-state index is 12.8. The third kappa shape index (κ3) is 7.39. The molecule has 0 radical (unpaired) electrons.